The van der Waals surface area contributed by atoms with Gasteiger partial charge < -0.3 is 24.2 Å². The van der Waals surface area contributed by atoms with E-state index in [1.54, 1.807) is 17.2 Å². The van der Waals surface area contributed by atoms with Crippen molar-refractivity contribution in [2.75, 3.05) is 20.7 Å². The quantitative estimate of drug-likeness (QED) is 0.617. The molecule has 4 atom stereocenters. The molecular formula is C16H22N6O4. The first-order valence-electron chi connectivity index (χ1n) is 8.40. The van der Waals surface area contributed by atoms with E-state index in [0.29, 0.717) is 17.0 Å². The van der Waals surface area contributed by atoms with Gasteiger partial charge in [0, 0.05) is 14.1 Å². The molecule has 0 aliphatic carbocycles. The smallest absolute Gasteiger partial charge is 0.184 e. The number of hydrogen-bond acceptors (Lipinski definition) is 8. The fourth-order valence-electron chi connectivity index (χ4n) is 3.32. The first kappa shape index (κ1) is 17.3. The summed E-state index contributed by atoms with van der Waals surface area (Å²) in [5, 5.41) is 9.64. The van der Waals surface area contributed by atoms with E-state index in [9.17, 15) is 5.11 Å². The minimum atomic E-state index is -0.739. The molecule has 0 aromatic carbocycles. The summed E-state index contributed by atoms with van der Waals surface area (Å²) in [6.45, 7) is 3.54. The lowest BCUT2D eigenvalue weighted by Gasteiger charge is -2.24. The van der Waals surface area contributed by atoms with Crippen LogP contribution in [-0.4, -0.2) is 80.7 Å². The van der Waals surface area contributed by atoms with Crippen LogP contribution in [-0.2, 0) is 14.2 Å². The molecule has 1 N–H and O–H groups in total. The fraction of sp³-hybridized carbons (Fsp3) is 0.625. The Kier molecular flexibility index (Phi) is 4.14. The lowest BCUT2D eigenvalue weighted by Crippen LogP contribution is -2.31. The van der Waals surface area contributed by atoms with Gasteiger partial charge in [-0.05, 0) is 13.8 Å². The van der Waals surface area contributed by atoms with Gasteiger partial charge in [0.25, 0.3) is 0 Å². The van der Waals surface area contributed by atoms with E-state index < -0.39 is 18.1 Å². The van der Waals surface area contributed by atoms with Gasteiger partial charge in [-0.2, -0.15) is 0 Å². The van der Waals surface area contributed by atoms with Gasteiger partial charge in [0.2, 0.25) is 0 Å². The van der Waals surface area contributed by atoms with Crippen LogP contribution in [0.15, 0.2) is 17.6 Å². The molecule has 140 valence electrons. The molecule has 2 aromatic heterocycles. The van der Waals surface area contributed by atoms with Crippen LogP contribution in [0.5, 0.6) is 0 Å². The van der Waals surface area contributed by atoms with Crippen molar-refractivity contribution in [2.24, 2.45) is 4.99 Å². The van der Waals surface area contributed by atoms with E-state index in [-0.39, 0.29) is 18.8 Å². The highest BCUT2D eigenvalue weighted by Gasteiger charge is 2.55. The average Bonchev–Trinajstić information content (AvgIpc) is 3.23. The summed E-state index contributed by atoms with van der Waals surface area (Å²) in [6, 6.07) is 0. The minimum Gasteiger partial charge on any atom is -0.394 e. The van der Waals surface area contributed by atoms with Crippen LogP contribution < -0.4 is 0 Å². The molecule has 2 fully saturated rings. The van der Waals surface area contributed by atoms with Crippen molar-refractivity contribution in [2.45, 2.75) is 44.2 Å². The van der Waals surface area contributed by atoms with Gasteiger partial charge in [0.1, 0.15) is 24.6 Å². The topological polar surface area (TPSA) is 107 Å². The lowest BCUT2D eigenvalue weighted by atomic mass is 10.1. The summed E-state index contributed by atoms with van der Waals surface area (Å²) >= 11 is 0. The van der Waals surface area contributed by atoms with Crippen LogP contribution in [0, 0.1) is 0 Å². The normalized spacial score (nSPS) is 30.3. The number of aliphatic hydroxyl groups is 1. The zero-order valence-electron chi connectivity index (χ0n) is 15.1. The van der Waals surface area contributed by atoms with Crippen LogP contribution in [0.25, 0.3) is 11.2 Å². The molecule has 0 amide bonds. The van der Waals surface area contributed by atoms with Crippen molar-refractivity contribution in [3.05, 3.63) is 12.7 Å². The van der Waals surface area contributed by atoms with E-state index in [2.05, 4.69) is 19.9 Å². The van der Waals surface area contributed by atoms with Crippen molar-refractivity contribution < 1.29 is 19.3 Å². The molecule has 10 heteroatoms. The van der Waals surface area contributed by atoms with Gasteiger partial charge in [0.05, 0.1) is 19.3 Å². The van der Waals surface area contributed by atoms with Gasteiger partial charge in [-0.15, -0.1) is 0 Å². The van der Waals surface area contributed by atoms with E-state index in [4.69, 9.17) is 14.2 Å². The molecule has 2 aromatic rings. The number of nitrogens with zero attached hydrogens (tertiary/aromatic N) is 6. The maximum absolute atomic E-state index is 9.64. The van der Waals surface area contributed by atoms with Gasteiger partial charge in [-0.25, -0.2) is 19.9 Å². The third-order valence-electron chi connectivity index (χ3n) is 4.33. The Morgan fingerprint density at radius 1 is 1.27 bits per heavy atom. The monoisotopic (exact) mass is 362 g/mol. The fourth-order valence-corrected chi connectivity index (χ4v) is 3.32. The Bertz CT molecular complexity index is 835. The Morgan fingerprint density at radius 3 is 2.77 bits per heavy atom. The summed E-state index contributed by atoms with van der Waals surface area (Å²) in [7, 11) is 3.75. The lowest BCUT2D eigenvalue weighted by molar-refractivity contribution is -0.199. The van der Waals surface area contributed by atoms with Crippen LogP contribution in [0.2, 0.25) is 0 Å². The molecule has 4 rings (SSSR count). The third kappa shape index (κ3) is 2.84. The molecule has 26 heavy (non-hydrogen) atoms. The molecule has 4 heterocycles. The highest BCUT2D eigenvalue weighted by Crippen LogP contribution is 2.43. The van der Waals surface area contributed by atoms with E-state index >= 15 is 0 Å². The predicted octanol–water partition coefficient (Wildman–Crippen LogP) is 0.457. The molecule has 0 saturated carbocycles. The number of aliphatic hydroxyl groups excluding tert-OH is 1. The number of hydrogen-bond donors (Lipinski definition) is 1. The molecule has 0 spiro atoms. The van der Waals surface area contributed by atoms with Crippen molar-refractivity contribution in [3.8, 4) is 0 Å². The average molecular weight is 362 g/mol. The largest absolute Gasteiger partial charge is 0.394 e. The highest BCUT2D eigenvalue weighted by molar-refractivity contribution is 5.82. The Balaban J connectivity index is 1.72. The number of aromatic nitrogens is 4. The van der Waals surface area contributed by atoms with Gasteiger partial charge in [-0.3, -0.25) is 4.57 Å². The predicted molar refractivity (Wildman–Crippen MR) is 92.0 cm³/mol. The summed E-state index contributed by atoms with van der Waals surface area (Å²) in [5.41, 5.74) is 1.15. The van der Waals surface area contributed by atoms with Crippen LogP contribution in [0.1, 0.15) is 20.1 Å². The summed E-state index contributed by atoms with van der Waals surface area (Å²) in [5.74, 6) is -0.267. The maximum Gasteiger partial charge on any atom is 0.184 e. The van der Waals surface area contributed by atoms with Crippen molar-refractivity contribution in [1.82, 2.24) is 24.4 Å². The second-order valence-corrected chi connectivity index (χ2v) is 7.04. The Labute approximate surface area is 150 Å². The minimum absolute atomic E-state index is 0.156. The van der Waals surface area contributed by atoms with E-state index in [1.165, 1.54) is 6.33 Å². The maximum atomic E-state index is 9.64. The number of fused-ring (bicyclic) bond motifs is 2. The summed E-state index contributed by atoms with van der Waals surface area (Å²) in [6.07, 6.45) is 3.01. The molecule has 0 radical (unpaired) electrons. The summed E-state index contributed by atoms with van der Waals surface area (Å²) < 4.78 is 19.7. The molecule has 2 saturated heterocycles. The molecule has 0 unspecified atom stereocenters. The molecular weight excluding hydrogens is 340 g/mol. The zero-order chi connectivity index (χ0) is 18.5. The molecule has 2 aliphatic heterocycles. The standard InChI is InChI=1S/C16H22N6O4/c1-16(2)25-11-9(5-23)24-15(12(11)26-16)22-8-19-10-13(20-7-21(3)4)17-6-18-14(10)22/h6-9,11-12,15,23H,5H2,1-4H3/t9-,11+,12+,15-/m1/s1. The number of imidazole rings is 1. The SMILES string of the molecule is CN(C)C=Nc1ncnc2c1ncn2[C@@H]1O[C@H](CO)[C@@H]2OC(C)(C)O[C@@H]21. The van der Waals surface area contributed by atoms with Crippen LogP contribution in [0.4, 0.5) is 5.82 Å². The number of rotatable bonds is 4. The number of aliphatic imine (C=N–C) groups is 1. The Morgan fingerprint density at radius 2 is 2.04 bits per heavy atom. The Hall–Kier alpha value is -2.14. The van der Waals surface area contributed by atoms with E-state index in [0.717, 1.165) is 0 Å². The third-order valence-corrected chi connectivity index (χ3v) is 4.33. The highest BCUT2D eigenvalue weighted by atomic mass is 16.8. The second-order valence-electron chi connectivity index (χ2n) is 7.04. The molecule has 2 aliphatic rings. The number of ether oxygens (including phenoxy) is 3. The van der Waals surface area contributed by atoms with Gasteiger partial charge >= 0.3 is 0 Å². The first-order valence-corrected chi connectivity index (χ1v) is 8.40. The van der Waals surface area contributed by atoms with E-state index in [1.807, 2.05) is 32.8 Å². The first-order chi connectivity index (χ1) is 12.4. The van der Waals surface area contributed by atoms with Crippen molar-refractivity contribution in [3.63, 3.8) is 0 Å². The molecule has 10 nitrogen and oxygen atoms in total. The van der Waals surface area contributed by atoms with Crippen molar-refractivity contribution >= 4 is 23.3 Å². The van der Waals surface area contributed by atoms with Crippen LogP contribution in [0.3, 0.4) is 0 Å². The zero-order valence-corrected chi connectivity index (χ0v) is 15.1. The van der Waals surface area contributed by atoms with Crippen molar-refractivity contribution in [1.29, 1.82) is 0 Å². The van der Waals surface area contributed by atoms with Gasteiger partial charge in [0.15, 0.2) is 29.0 Å². The van der Waals surface area contributed by atoms with Crippen LogP contribution >= 0.6 is 0 Å². The van der Waals surface area contributed by atoms with Gasteiger partial charge in [-0.1, -0.05) is 0 Å². The molecule has 0 bridgehead atoms. The second kappa shape index (κ2) is 6.23. The summed E-state index contributed by atoms with van der Waals surface area (Å²) in [4.78, 5) is 19.1.